The monoisotopic (exact) mass is 412 g/mol. The lowest BCUT2D eigenvalue weighted by Crippen LogP contribution is -2.21. The molecule has 2 N–H and O–H groups in total. The maximum absolute atomic E-state index is 12.1. The number of phenolic OH excluding ortho intramolecular Hbond substituents is 1. The average Bonchev–Trinajstić information content (AvgIpc) is 3.20. The van der Waals surface area contributed by atoms with Crippen molar-refractivity contribution < 1.29 is 24.2 Å². The summed E-state index contributed by atoms with van der Waals surface area (Å²) in [5.74, 6) is -1.54. The van der Waals surface area contributed by atoms with E-state index in [-0.39, 0.29) is 17.1 Å². The zero-order chi connectivity index (χ0) is 20.8. The number of rotatable bonds is 7. The third kappa shape index (κ3) is 4.91. The van der Waals surface area contributed by atoms with E-state index in [1.807, 2.05) is 29.6 Å². The molecule has 1 heterocycles. The van der Waals surface area contributed by atoms with E-state index in [0.717, 1.165) is 17.7 Å². The summed E-state index contributed by atoms with van der Waals surface area (Å²) in [6.45, 7) is 1.59. The van der Waals surface area contributed by atoms with Crippen molar-refractivity contribution in [3.05, 3.63) is 59.0 Å². The summed E-state index contributed by atoms with van der Waals surface area (Å²) < 4.78 is 9.92. The molecule has 0 aliphatic carbocycles. The Morgan fingerprint density at radius 1 is 1.17 bits per heavy atom. The number of hydrogen-bond acceptors (Lipinski definition) is 7. The van der Waals surface area contributed by atoms with Gasteiger partial charge in [0, 0.05) is 10.9 Å². The predicted molar refractivity (Wildman–Crippen MR) is 110 cm³/mol. The van der Waals surface area contributed by atoms with E-state index in [1.54, 1.807) is 6.07 Å². The molecule has 1 aromatic heterocycles. The number of amides is 1. The smallest absolute Gasteiger partial charge is 0.342 e. The van der Waals surface area contributed by atoms with Gasteiger partial charge in [-0.3, -0.25) is 10.1 Å². The summed E-state index contributed by atoms with van der Waals surface area (Å²) in [4.78, 5) is 28.6. The molecule has 0 aliphatic rings. The van der Waals surface area contributed by atoms with Gasteiger partial charge in [-0.1, -0.05) is 37.3 Å². The number of aromatic nitrogens is 1. The number of benzene rings is 2. The second-order valence-electron chi connectivity index (χ2n) is 6.07. The van der Waals surface area contributed by atoms with Crippen molar-refractivity contribution in [2.45, 2.75) is 13.3 Å². The number of para-hydroxylation sites is 1. The molecule has 3 aromatic rings. The number of esters is 1. The first-order valence-corrected chi connectivity index (χ1v) is 9.77. The Labute approximate surface area is 171 Å². The fraction of sp³-hybridized carbons (Fsp3) is 0.190. The van der Waals surface area contributed by atoms with Gasteiger partial charge in [-0.2, -0.15) is 0 Å². The summed E-state index contributed by atoms with van der Waals surface area (Å²) in [7, 11) is 1.37. The van der Waals surface area contributed by atoms with E-state index in [4.69, 9.17) is 9.47 Å². The van der Waals surface area contributed by atoms with Gasteiger partial charge in [-0.15, -0.1) is 11.3 Å². The van der Waals surface area contributed by atoms with Crippen LogP contribution >= 0.6 is 11.3 Å². The number of phenols is 1. The fourth-order valence-electron chi connectivity index (χ4n) is 2.59. The number of ether oxygens (including phenoxy) is 2. The van der Waals surface area contributed by atoms with Gasteiger partial charge in [-0.05, 0) is 24.1 Å². The molecule has 3 rings (SSSR count). The molecule has 0 aliphatic heterocycles. The van der Waals surface area contributed by atoms with Crippen LogP contribution < -0.4 is 10.1 Å². The zero-order valence-electron chi connectivity index (χ0n) is 16.0. The predicted octanol–water partition coefficient (Wildman–Crippen LogP) is 3.88. The molecule has 2 aromatic carbocycles. The Morgan fingerprint density at radius 3 is 2.62 bits per heavy atom. The first-order chi connectivity index (χ1) is 14.0. The average molecular weight is 412 g/mol. The van der Waals surface area contributed by atoms with Crippen LogP contribution in [0.4, 0.5) is 5.13 Å². The largest absolute Gasteiger partial charge is 0.504 e. The van der Waals surface area contributed by atoms with Crippen LogP contribution in [0, 0.1) is 0 Å². The van der Waals surface area contributed by atoms with E-state index < -0.39 is 18.5 Å². The zero-order valence-corrected chi connectivity index (χ0v) is 16.8. The summed E-state index contributed by atoms with van der Waals surface area (Å²) in [6, 6.07) is 12.5. The van der Waals surface area contributed by atoms with Crippen LogP contribution in [0.1, 0.15) is 22.8 Å². The van der Waals surface area contributed by atoms with Crippen molar-refractivity contribution in [3.63, 3.8) is 0 Å². The molecule has 0 spiro atoms. The number of aromatic hydroxyl groups is 1. The highest BCUT2D eigenvalue weighted by Crippen LogP contribution is 2.30. The second-order valence-corrected chi connectivity index (χ2v) is 6.93. The van der Waals surface area contributed by atoms with Crippen molar-refractivity contribution in [2.24, 2.45) is 0 Å². The number of hydrogen-bond donors (Lipinski definition) is 2. The van der Waals surface area contributed by atoms with Crippen molar-refractivity contribution in [1.29, 1.82) is 0 Å². The molecule has 0 atom stereocenters. The first kappa shape index (κ1) is 20.3. The molecular weight excluding hydrogens is 392 g/mol. The molecule has 0 radical (unpaired) electrons. The van der Waals surface area contributed by atoms with E-state index in [0.29, 0.717) is 5.13 Å². The van der Waals surface area contributed by atoms with Gasteiger partial charge in [0.15, 0.2) is 23.2 Å². The molecule has 0 saturated heterocycles. The van der Waals surface area contributed by atoms with Crippen LogP contribution in [0.2, 0.25) is 0 Å². The number of carbonyl (C=O) groups excluding carboxylic acids is 2. The van der Waals surface area contributed by atoms with Gasteiger partial charge in [0.2, 0.25) is 0 Å². The topological polar surface area (TPSA) is 97.8 Å². The Kier molecular flexibility index (Phi) is 6.46. The van der Waals surface area contributed by atoms with E-state index in [1.165, 1.54) is 36.1 Å². The molecule has 8 heteroatoms. The maximum Gasteiger partial charge on any atom is 0.342 e. The van der Waals surface area contributed by atoms with Crippen molar-refractivity contribution in [3.8, 4) is 22.8 Å². The minimum Gasteiger partial charge on any atom is -0.504 e. The molecule has 0 unspecified atom stereocenters. The molecule has 29 heavy (non-hydrogen) atoms. The number of carbonyl (C=O) groups is 2. The molecule has 150 valence electrons. The fourth-order valence-corrected chi connectivity index (χ4v) is 3.33. The normalized spacial score (nSPS) is 10.4. The molecule has 0 fully saturated rings. The molecule has 0 bridgehead atoms. The summed E-state index contributed by atoms with van der Waals surface area (Å²) in [5, 5.41) is 14.8. The van der Waals surface area contributed by atoms with Crippen molar-refractivity contribution >= 4 is 28.3 Å². The highest BCUT2D eigenvalue weighted by atomic mass is 32.1. The Balaban J connectivity index is 1.57. The number of anilines is 1. The number of aryl methyl sites for hydroxylation is 1. The lowest BCUT2D eigenvalue weighted by Gasteiger charge is -2.08. The maximum atomic E-state index is 12.1. The second kappa shape index (κ2) is 9.20. The molecular formula is C21H20N2O5S. The van der Waals surface area contributed by atoms with Gasteiger partial charge < -0.3 is 14.6 Å². The number of nitrogens with zero attached hydrogens (tertiary/aromatic N) is 1. The lowest BCUT2D eigenvalue weighted by molar-refractivity contribution is -0.119. The Bertz CT molecular complexity index is 1010. The summed E-state index contributed by atoms with van der Waals surface area (Å²) in [5.41, 5.74) is 2.87. The van der Waals surface area contributed by atoms with Gasteiger partial charge in [0.1, 0.15) is 5.56 Å². The molecule has 7 nitrogen and oxygen atoms in total. The minimum atomic E-state index is -0.826. The summed E-state index contributed by atoms with van der Waals surface area (Å²) >= 11 is 1.28. The van der Waals surface area contributed by atoms with Crippen LogP contribution in [0.3, 0.4) is 0 Å². The number of methoxy groups -OCH3 is 1. The van der Waals surface area contributed by atoms with Crippen LogP contribution in [0.15, 0.2) is 47.8 Å². The minimum absolute atomic E-state index is 0.0794. The number of nitrogens with one attached hydrogen (secondary N) is 1. The van der Waals surface area contributed by atoms with E-state index in [2.05, 4.69) is 17.2 Å². The van der Waals surface area contributed by atoms with Crippen molar-refractivity contribution in [1.82, 2.24) is 4.98 Å². The van der Waals surface area contributed by atoms with Crippen molar-refractivity contribution in [2.75, 3.05) is 19.0 Å². The van der Waals surface area contributed by atoms with Crippen LogP contribution in [-0.2, 0) is 16.0 Å². The Morgan fingerprint density at radius 2 is 1.93 bits per heavy atom. The molecule has 0 saturated carbocycles. The summed E-state index contributed by atoms with van der Waals surface area (Å²) in [6.07, 6.45) is 0.963. The van der Waals surface area contributed by atoms with Crippen LogP contribution in [0.25, 0.3) is 11.3 Å². The highest BCUT2D eigenvalue weighted by molar-refractivity contribution is 7.14. The Hall–Kier alpha value is -3.39. The first-order valence-electron chi connectivity index (χ1n) is 8.89. The van der Waals surface area contributed by atoms with Gasteiger partial charge in [0.05, 0.1) is 12.8 Å². The number of thiazole rings is 1. The van der Waals surface area contributed by atoms with E-state index >= 15 is 0 Å². The van der Waals surface area contributed by atoms with Crippen LogP contribution in [-0.4, -0.2) is 35.7 Å². The SMILES string of the molecule is CCc1ccc(-c2csc(NC(=O)COC(=O)c3cccc(OC)c3O)n2)cc1. The third-order valence-corrected chi connectivity index (χ3v) is 4.94. The van der Waals surface area contributed by atoms with Crippen LogP contribution in [0.5, 0.6) is 11.5 Å². The standard InChI is InChI=1S/C21H20N2O5S/c1-3-13-7-9-14(10-8-13)16-12-29-21(22-16)23-18(24)11-28-20(26)15-5-4-6-17(27-2)19(15)25/h4-10,12,25H,3,11H2,1-2H3,(H,22,23,24). The highest BCUT2D eigenvalue weighted by Gasteiger charge is 2.18. The third-order valence-electron chi connectivity index (χ3n) is 4.18. The van der Waals surface area contributed by atoms with E-state index in [9.17, 15) is 14.7 Å². The van der Waals surface area contributed by atoms with Gasteiger partial charge >= 0.3 is 5.97 Å². The quantitative estimate of drug-likeness (QED) is 0.572. The lowest BCUT2D eigenvalue weighted by atomic mass is 10.1. The van der Waals surface area contributed by atoms with Gasteiger partial charge in [-0.25, -0.2) is 9.78 Å². The van der Waals surface area contributed by atoms with Gasteiger partial charge in [0.25, 0.3) is 5.91 Å². The molecule has 1 amide bonds.